The van der Waals surface area contributed by atoms with Gasteiger partial charge in [-0.1, -0.05) is 6.92 Å². The highest BCUT2D eigenvalue weighted by Crippen LogP contribution is 2.31. The zero-order valence-electron chi connectivity index (χ0n) is 8.27. The fourth-order valence-corrected chi connectivity index (χ4v) is 3.69. The van der Waals surface area contributed by atoms with Crippen molar-refractivity contribution in [2.24, 2.45) is 0 Å². The second-order valence-electron chi connectivity index (χ2n) is 3.48. The van der Waals surface area contributed by atoms with E-state index in [1.54, 1.807) is 0 Å². The lowest BCUT2D eigenvalue weighted by molar-refractivity contribution is 0.435. The summed E-state index contributed by atoms with van der Waals surface area (Å²) in [5, 5.41) is 6.94. The molecule has 1 aromatic heterocycles. The van der Waals surface area contributed by atoms with Gasteiger partial charge < -0.3 is 10.6 Å². The Kier molecular flexibility index (Phi) is 3.60. The minimum absolute atomic E-state index is 0.505. The van der Waals surface area contributed by atoms with Crippen molar-refractivity contribution in [1.29, 1.82) is 0 Å². The number of rotatable bonds is 2. The Morgan fingerprint density at radius 2 is 2.43 bits per heavy atom. The van der Waals surface area contributed by atoms with E-state index < -0.39 is 0 Å². The Morgan fingerprint density at radius 1 is 1.57 bits per heavy atom. The summed E-state index contributed by atoms with van der Waals surface area (Å²) in [5.74, 6) is 0. The van der Waals surface area contributed by atoms with Crippen molar-refractivity contribution < 1.29 is 0 Å². The van der Waals surface area contributed by atoms with E-state index in [0.29, 0.717) is 6.04 Å². The highest BCUT2D eigenvalue weighted by molar-refractivity contribution is 9.10. The Balaban J connectivity index is 2.14. The van der Waals surface area contributed by atoms with Crippen LogP contribution in [-0.2, 0) is 6.42 Å². The summed E-state index contributed by atoms with van der Waals surface area (Å²) < 4.78 is 1.27. The van der Waals surface area contributed by atoms with Gasteiger partial charge in [-0.3, -0.25) is 0 Å². The smallest absolute Gasteiger partial charge is 0.0542 e. The molecule has 1 aliphatic rings. The molecule has 2 nitrogen and oxygen atoms in total. The van der Waals surface area contributed by atoms with Crippen LogP contribution < -0.4 is 10.6 Å². The van der Waals surface area contributed by atoms with Crippen LogP contribution in [0.2, 0.25) is 0 Å². The molecule has 0 aliphatic carbocycles. The monoisotopic (exact) mass is 274 g/mol. The molecule has 2 heterocycles. The van der Waals surface area contributed by atoms with E-state index in [9.17, 15) is 0 Å². The molecular weight excluding hydrogens is 260 g/mol. The first-order valence-electron chi connectivity index (χ1n) is 5.03. The third kappa shape index (κ3) is 2.19. The maximum atomic E-state index is 3.61. The van der Waals surface area contributed by atoms with Gasteiger partial charge in [-0.15, -0.1) is 11.3 Å². The normalized spacial score (nSPS) is 22.6. The van der Waals surface area contributed by atoms with Gasteiger partial charge >= 0.3 is 0 Å². The lowest BCUT2D eigenvalue weighted by Gasteiger charge is -2.23. The van der Waals surface area contributed by atoms with Gasteiger partial charge in [0.1, 0.15) is 0 Å². The highest BCUT2D eigenvalue weighted by atomic mass is 79.9. The van der Waals surface area contributed by atoms with Crippen LogP contribution in [0.25, 0.3) is 0 Å². The lowest BCUT2D eigenvalue weighted by atomic mass is 10.2. The standard InChI is InChI=1S/C10H15BrN2S/c1-2-9-7(11)5-10(14-9)8-6-12-3-4-13-8/h5,8,12-13H,2-4,6H2,1H3/t8-/m0/s1. The summed E-state index contributed by atoms with van der Waals surface area (Å²) in [5.41, 5.74) is 0. The molecule has 0 spiro atoms. The first-order chi connectivity index (χ1) is 6.81. The van der Waals surface area contributed by atoms with E-state index in [1.165, 1.54) is 14.2 Å². The summed E-state index contributed by atoms with van der Waals surface area (Å²) in [4.78, 5) is 2.90. The third-order valence-corrected chi connectivity index (χ3v) is 4.84. The minimum atomic E-state index is 0.505. The summed E-state index contributed by atoms with van der Waals surface area (Å²) >= 11 is 5.52. The van der Waals surface area contributed by atoms with E-state index in [2.05, 4.69) is 39.6 Å². The highest BCUT2D eigenvalue weighted by Gasteiger charge is 2.17. The molecule has 14 heavy (non-hydrogen) atoms. The molecule has 2 N–H and O–H groups in total. The number of halogens is 1. The number of aryl methyl sites for hydroxylation is 1. The van der Waals surface area contributed by atoms with Crippen molar-refractivity contribution in [3.63, 3.8) is 0 Å². The molecule has 78 valence electrons. The molecule has 0 aromatic carbocycles. The maximum Gasteiger partial charge on any atom is 0.0542 e. The van der Waals surface area contributed by atoms with E-state index in [0.717, 1.165) is 26.1 Å². The number of hydrogen-bond acceptors (Lipinski definition) is 3. The molecule has 0 bridgehead atoms. The van der Waals surface area contributed by atoms with Crippen LogP contribution in [0.3, 0.4) is 0 Å². The fourth-order valence-electron chi connectivity index (χ4n) is 1.69. The first-order valence-corrected chi connectivity index (χ1v) is 6.64. The molecule has 0 unspecified atom stereocenters. The van der Waals surface area contributed by atoms with Crippen molar-refractivity contribution in [3.8, 4) is 0 Å². The molecule has 0 radical (unpaired) electrons. The van der Waals surface area contributed by atoms with Crippen LogP contribution >= 0.6 is 27.3 Å². The summed E-state index contributed by atoms with van der Waals surface area (Å²) in [6.45, 7) is 5.41. The van der Waals surface area contributed by atoms with Crippen LogP contribution in [0.15, 0.2) is 10.5 Å². The van der Waals surface area contributed by atoms with Crippen molar-refractivity contribution in [3.05, 3.63) is 20.3 Å². The van der Waals surface area contributed by atoms with E-state index in [4.69, 9.17) is 0 Å². The predicted octanol–water partition coefficient (Wildman–Crippen LogP) is 2.31. The quantitative estimate of drug-likeness (QED) is 0.865. The Labute approximate surface area is 97.2 Å². The van der Waals surface area contributed by atoms with Gasteiger partial charge in [-0.25, -0.2) is 0 Å². The molecule has 4 heteroatoms. The number of nitrogens with one attached hydrogen (secondary N) is 2. The zero-order valence-corrected chi connectivity index (χ0v) is 10.7. The third-order valence-electron chi connectivity index (χ3n) is 2.48. The minimum Gasteiger partial charge on any atom is -0.314 e. The lowest BCUT2D eigenvalue weighted by Crippen LogP contribution is -2.42. The van der Waals surface area contributed by atoms with Crippen molar-refractivity contribution in [2.75, 3.05) is 19.6 Å². The first kappa shape index (κ1) is 10.6. The number of hydrogen-bond donors (Lipinski definition) is 2. The van der Waals surface area contributed by atoms with E-state index in [1.807, 2.05) is 11.3 Å². The Morgan fingerprint density at radius 3 is 3.00 bits per heavy atom. The van der Waals surface area contributed by atoms with Gasteiger partial charge in [0.25, 0.3) is 0 Å². The van der Waals surface area contributed by atoms with Gasteiger partial charge in [-0.2, -0.15) is 0 Å². The Hall–Kier alpha value is 0.100. The van der Waals surface area contributed by atoms with E-state index >= 15 is 0 Å². The molecule has 2 rings (SSSR count). The Bertz CT molecular complexity index is 305. The molecule has 1 atom stereocenters. The van der Waals surface area contributed by atoms with Crippen molar-refractivity contribution in [2.45, 2.75) is 19.4 Å². The molecule has 0 saturated carbocycles. The predicted molar refractivity (Wildman–Crippen MR) is 65.0 cm³/mol. The van der Waals surface area contributed by atoms with Crippen LogP contribution in [-0.4, -0.2) is 19.6 Å². The average molecular weight is 275 g/mol. The van der Waals surface area contributed by atoms with Crippen LogP contribution in [0.4, 0.5) is 0 Å². The van der Waals surface area contributed by atoms with Crippen LogP contribution in [0.5, 0.6) is 0 Å². The van der Waals surface area contributed by atoms with Gasteiger partial charge in [0.2, 0.25) is 0 Å². The SMILES string of the molecule is CCc1sc([C@@H]2CNCCN2)cc1Br. The number of piperazine rings is 1. The van der Waals surface area contributed by atoms with Crippen LogP contribution in [0.1, 0.15) is 22.7 Å². The molecule has 1 aromatic rings. The molecule has 1 aliphatic heterocycles. The average Bonchev–Trinajstić information content (AvgIpc) is 2.61. The molecular formula is C10H15BrN2S. The van der Waals surface area contributed by atoms with Crippen molar-refractivity contribution >= 4 is 27.3 Å². The topological polar surface area (TPSA) is 24.1 Å². The zero-order chi connectivity index (χ0) is 9.97. The maximum absolute atomic E-state index is 3.61. The summed E-state index contributed by atoms with van der Waals surface area (Å²) in [6, 6.07) is 2.76. The molecule has 1 saturated heterocycles. The largest absolute Gasteiger partial charge is 0.314 e. The van der Waals surface area contributed by atoms with E-state index in [-0.39, 0.29) is 0 Å². The number of thiophene rings is 1. The van der Waals surface area contributed by atoms with Gasteiger partial charge in [0, 0.05) is 33.9 Å². The van der Waals surface area contributed by atoms with Crippen LogP contribution in [0, 0.1) is 0 Å². The molecule has 1 fully saturated rings. The van der Waals surface area contributed by atoms with Gasteiger partial charge in [0.15, 0.2) is 0 Å². The summed E-state index contributed by atoms with van der Waals surface area (Å²) in [6.07, 6.45) is 1.12. The van der Waals surface area contributed by atoms with Gasteiger partial charge in [-0.05, 0) is 28.4 Å². The second-order valence-corrected chi connectivity index (χ2v) is 5.51. The van der Waals surface area contributed by atoms with Gasteiger partial charge in [0.05, 0.1) is 6.04 Å². The summed E-state index contributed by atoms with van der Waals surface area (Å²) in [7, 11) is 0. The molecule has 0 amide bonds. The van der Waals surface area contributed by atoms with Crippen molar-refractivity contribution in [1.82, 2.24) is 10.6 Å². The second kappa shape index (κ2) is 4.75. The fraction of sp³-hybridized carbons (Fsp3) is 0.600.